The molecule has 0 unspecified atom stereocenters. The lowest BCUT2D eigenvalue weighted by atomic mass is 10.1. The number of hydrogen-bond donors (Lipinski definition) is 2. The van der Waals surface area contributed by atoms with Gasteiger partial charge in [0.25, 0.3) is 5.69 Å². The molecule has 146 valence electrons. The summed E-state index contributed by atoms with van der Waals surface area (Å²) in [5.74, 6) is -1.43. The van der Waals surface area contributed by atoms with Crippen LogP contribution >= 0.6 is 0 Å². The highest BCUT2D eigenvalue weighted by Crippen LogP contribution is 2.25. The van der Waals surface area contributed by atoms with Crippen LogP contribution in [0.4, 0.5) is 17.1 Å². The van der Waals surface area contributed by atoms with Gasteiger partial charge in [0, 0.05) is 30.8 Å². The minimum atomic E-state index is -0.842. The van der Waals surface area contributed by atoms with Gasteiger partial charge in [-0.05, 0) is 36.4 Å². The molecule has 28 heavy (non-hydrogen) atoms. The van der Waals surface area contributed by atoms with Gasteiger partial charge in [-0.1, -0.05) is 6.92 Å². The van der Waals surface area contributed by atoms with Crippen LogP contribution in [-0.4, -0.2) is 36.2 Å². The second-order valence-electron chi connectivity index (χ2n) is 5.72. The summed E-state index contributed by atoms with van der Waals surface area (Å²) in [5, 5.41) is 16.4. The number of Topliss-reactive ketones (excluding diaryl/α,β-unsaturated/α-hetero) is 1. The number of nitro benzene ring substituents is 1. The van der Waals surface area contributed by atoms with Gasteiger partial charge in [0.2, 0.25) is 5.91 Å². The van der Waals surface area contributed by atoms with Crippen LogP contribution in [0.5, 0.6) is 0 Å². The lowest BCUT2D eigenvalue weighted by molar-refractivity contribution is -0.384. The zero-order valence-corrected chi connectivity index (χ0v) is 15.4. The van der Waals surface area contributed by atoms with Gasteiger partial charge in [-0.3, -0.25) is 19.7 Å². The minimum Gasteiger partial charge on any atom is -0.454 e. The number of carbonyl (C=O) groups is 3. The molecule has 0 spiro atoms. The van der Waals surface area contributed by atoms with Crippen molar-refractivity contribution in [3.8, 4) is 0 Å². The zero-order valence-electron chi connectivity index (χ0n) is 15.4. The lowest BCUT2D eigenvalue weighted by Crippen LogP contribution is -2.15. The Bertz CT molecular complexity index is 908. The van der Waals surface area contributed by atoms with Gasteiger partial charge >= 0.3 is 5.97 Å². The van der Waals surface area contributed by atoms with Crippen molar-refractivity contribution in [3.05, 3.63) is 63.7 Å². The number of esters is 1. The number of nitro groups is 1. The van der Waals surface area contributed by atoms with Crippen molar-refractivity contribution in [2.45, 2.75) is 13.3 Å². The number of benzene rings is 2. The standard InChI is InChI=1S/C19H19N3O6/c1-3-18(24)21-14-7-4-12(5-8-14)17(23)11-28-19(25)13-6-9-15(20-2)16(10-13)22(26)27/h4-10,20H,3,11H2,1-2H3,(H,21,24). The van der Waals surface area contributed by atoms with Crippen molar-refractivity contribution in [2.75, 3.05) is 24.3 Å². The van der Waals surface area contributed by atoms with E-state index < -0.39 is 23.3 Å². The van der Waals surface area contributed by atoms with Crippen molar-refractivity contribution < 1.29 is 24.0 Å². The molecule has 2 aromatic carbocycles. The number of anilines is 2. The van der Waals surface area contributed by atoms with Crippen LogP contribution in [0.1, 0.15) is 34.1 Å². The Morgan fingerprint density at radius 2 is 1.71 bits per heavy atom. The predicted octanol–water partition coefficient (Wildman–Crippen LogP) is 3.02. The second-order valence-corrected chi connectivity index (χ2v) is 5.72. The van der Waals surface area contributed by atoms with Crippen molar-refractivity contribution in [1.29, 1.82) is 0 Å². The molecule has 0 aromatic heterocycles. The summed E-state index contributed by atoms with van der Waals surface area (Å²) >= 11 is 0. The molecular weight excluding hydrogens is 366 g/mol. The predicted molar refractivity (Wildman–Crippen MR) is 103 cm³/mol. The molecule has 9 heteroatoms. The molecular formula is C19H19N3O6. The Morgan fingerprint density at radius 3 is 2.29 bits per heavy atom. The Balaban J connectivity index is 2.00. The average molecular weight is 385 g/mol. The molecule has 0 aliphatic heterocycles. The number of nitrogens with one attached hydrogen (secondary N) is 2. The zero-order chi connectivity index (χ0) is 20.7. The number of amides is 1. The second kappa shape index (κ2) is 9.26. The third-order valence-electron chi connectivity index (χ3n) is 3.85. The van der Waals surface area contributed by atoms with E-state index in [0.717, 1.165) is 6.07 Å². The molecule has 0 bridgehead atoms. The molecule has 0 heterocycles. The van der Waals surface area contributed by atoms with Crippen LogP contribution in [0, 0.1) is 10.1 Å². The summed E-state index contributed by atoms with van der Waals surface area (Å²) in [5.41, 5.74) is 0.813. The van der Waals surface area contributed by atoms with E-state index in [2.05, 4.69) is 10.6 Å². The molecule has 1 amide bonds. The van der Waals surface area contributed by atoms with E-state index in [0.29, 0.717) is 17.7 Å². The maximum absolute atomic E-state index is 12.2. The maximum atomic E-state index is 12.2. The van der Waals surface area contributed by atoms with E-state index in [1.165, 1.54) is 31.3 Å². The van der Waals surface area contributed by atoms with Crippen LogP contribution in [0.2, 0.25) is 0 Å². The van der Waals surface area contributed by atoms with Gasteiger partial charge in [0.05, 0.1) is 10.5 Å². The van der Waals surface area contributed by atoms with Gasteiger partial charge in [0.15, 0.2) is 12.4 Å². The number of ketones is 1. The minimum absolute atomic E-state index is 0.0314. The monoisotopic (exact) mass is 385 g/mol. The number of rotatable bonds is 8. The molecule has 0 aliphatic rings. The van der Waals surface area contributed by atoms with E-state index >= 15 is 0 Å². The smallest absolute Gasteiger partial charge is 0.338 e. The molecule has 0 radical (unpaired) electrons. The summed E-state index contributed by atoms with van der Waals surface area (Å²) in [7, 11) is 1.53. The third-order valence-corrected chi connectivity index (χ3v) is 3.85. The summed E-state index contributed by atoms with van der Waals surface area (Å²) in [6.45, 7) is 1.21. The topological polar surface area (TPSA) is 128 Å². The normalized spacial score (nSPS) is 10.1. The van der Waals surface area contributed by atoms with Crippen LogP contribution < -0.4 is 10.6 Å². The molecule has 2 rings (SSSR count). The fourth-order valence-electron chi connectivity index (χ4n) is 2.31. The van der Waals surface area contributed by atoms with E-state index in [-0.39, 0.29) is 22.8 Å². The fraction of sp³-hybridized carbons (Fsp3) is 0.211. The Labute approximate surface area is 160 Å². The molecule has 0 saturated heterocycles. The van der Waals surface area contributed by atoms with Crippen LogP contribution in [-0.2, 0) is 9.53 Å². The SMILES string of the molecule is CCC(=O)Nc1ccc(C(=O)COC(=O)c2ccc(NC)c([N+](=O)[O-])c2)cc1. The first-order valence-corrected chi connectivity index (χ1v) is 8.42. The number of ether oxygens (including phenoxy) is 1. The molecule has 0 aliphatic carbocycles. The number of carbonyl (C=O) groups excluding carboxylic acids is 3. The quantitative estimate of drug-likeness (QED) is 0.309. The molecule has 9 nitrogen and oxygen atoms in total. The summed E-state index contributed by atoms with van der Waals surface area (Å²) in [6.07, 6.45) is 0.337. The van der Waals surface area contributed by atoms with E-state index in [9.17, 15) is 24.5 Å². The highest BCUT2D eigenvalue weighted by atomic mass is 16.6. The maximum Gasteiger partial charge on any atom is 0.338 e. The Hall–Kier alpha value is -3.75. The fourth-order valence-corrected chi connectivity index (χ4v) is 2.31. The van der Waals surface area contributed by atoms with Crippen LogP contribution in [0.3, 0.4) is 0 Å². The number of hydrogen-bond acceptors (Lipinski definition) is 7. The van der Waals surface area contributed by atoms with Gasteiger partial charge in [-0.15, -0.1) is 0 Å². The Morgan fingerprint density at radius 1 is 1.07 bits per heavy atom. The van der Waals surface area contributed by atoms with Crippen molar-refractivity contribution in [1.82, 2.24) is 0 Å². The van der Waals surface area contributed by atoms with E-state index in [1.54, 1.807) is 19.1 Å². The molecule has 0 fully saturated rings. The molecule has 2 aromatic rings. The molecule has 0 saturated carbocycles. The Kier molecular flexibility index (Phi) is 6.80. The number of nitrogens with zero attached hydrogens (tertiary/aromatic N) is 1. The van der Waals surface area contributed by atoms with Crippen LogP contribution in [0.15, 0.2) is 42.5 Å². The summed E-state index contributed by atoms with van der Waals surface area (Å²) in [6, 6.07) is 10.0. The molecule has 0 atom stereocenters. The van der Waals surface area contributed by atoms with Crippen molar-refractivity contribution in [3.63, 3.8) is 0 Å². The largest absolute Gasteiger partial charge is 0.454 e. The lowest BCUT2D eigenvalue weighted by Gasteiger charge is -2.07. The first kappa shape index (κ1) is 20.6. The summed E-state index contributed by atoms with van der Waals surface area (Å²) < 4.78 is 4.96. The van der Waals surface area contributed by atoms with E-state index in [1.807, 2.05) is 0 Å². The average Bonchev–Trinajstić information content (AvgIpc) is 2.71. The van der Waals surface area contributed by atoms with Gasteiger partial charge in [-0.2, -0.15) is 0 Å². The first-order valence-electron chi connectivity index (χ1n) is 8.42. The highest BCUT2D eigenvalue weighted by Gasteiger charge is 2.18. The first-order chi connectivity index (χ1) is 13.3. The third kappa shape index (κ3) is 5.13. The summed E-state index contributed by atoms with van der Waals surface area (Å²) in [4.78, 5) is 46.0. The van der Waals surface area contributed by atoms with Gasteiger partial charge in [0.1, 0.15) is 5.69 Å². The van der Waals surface area contributed by atoms with Crippen LogP contribution in [0.25, 0.3) is 0 Å². The van der Waals surface area contributed by atoms with Crippen molar-refractivity contribution >= 4 is 34.7 Å². The van der Waals surface area contributed by atoms with Gasteiger partial charge < -0.3 is 15.4 Å². The molecule has 2 N–H and O–H groups in total. The van der Waals surface area contributed by atoms with Gasteiger partial charge in [-0.25, -0.2) is 4.79 Å². The highest BCUT2D eigenvalue weighted by molar-refractivity contribution is 6.00. The van der Waals surface area contributed by atoms with Crippen molar-refractivity contribution in [2.24, 2.45) is 0 Å². The van der Waals surface area contributed by atoms with E-state index in [4.69, 9.17) is 4.74 Å².